The Hall–Kier alpha value is -2.29. The molecule has 4 heterocycles. The van der Waals surface area contributed by atoms with Crippen molar-refractivity contribution in [2.24, 2.45) is 0 Å². The molecule has 3 aliphatic rings. The Bertz CT molecular complexity index is 936. The van der Waals surface area contributed by atoms with Gasteiger partial charge in [0.05, 0.1) is 50.2 Å². The summed E-state index contributed by atoms with van der Waals surface area (Å²) in [5.41, 5.74) is 1.12. The molecule has 8 nitrogen and oxygen atoms in total. The second kappa shape index (κ2) is 8.09. The number of ether oxygens (including phenoxy) is 3. The van der Waals surface area contributed by atoms with Crippen LogP contribution in [0.5, 0.6) is 0 Å². The van der Waals surface area contributed by atoms with Crippen LogP contribution in [0.25, 0.3) is 10.9 Å². The third-order valence-corrected chi connectivity index (χ3v) is 6.61. The van der Waals surface area contributed by atoms with Crippen molar-refractivity contribution in [2.45, 2.75) is 30.8 Å². The monoisotopic (exact) mass is 412 g/mol. The summed E-state index contributed by atoms with van der Waals surface area (Å²) in [7, 11) is 1.39. The maximum atomic E-state index is 12.1. The molecule has 1 aromatic carbocycles. The van der Waals surface area contributed by atoms with Gasteiger partial charge in [-0.05, 0) is 37.6 Å². The molecule has 0 amide bonds. The van der Waals surface area contributed by atoms with Crippen LogP contribution in [-0.4, -0.2) is 85.6 Å². The van der Waals surface area contributed by atoms with Crippen molar-refractivity contribution < 1.29 is 19.0 Å². The fraction of sp³-hybridized carbons (Fsp3) is 0.591. The molecular weight excluding hydrogens is 384 g/mol. The number of piperidine rings is 1. The van der Waals surface area contributed by atoms with Crippen LogP contribution >= 0.6 is 0 Å². The maximum Gasteiger partial charge on any atom is 0.337 e. The molecule has 1 aromatic heterocycles. The molecule has 5 rings (SSSR count). The van der Waals surface area contributed by atoms with Crippen molar-refractivity contribution in [1.82, 2.24) is 14.9 Å². The Kier molecular flexibility index (Phi) is 5.30. The van der Waals surface area contributed by atoms with Crippen LogP contribution in [0.2, 0.25) is 0 Å². The molecule has 0 N–H and O–H groups in total. The first-order valence-corrected chi connectivity index (χ1v) is 10.7. The van der Waals surface area contributed by atoms with Crippen molar-refractivity contribution in [3.8, 4) is 0 Å². The van der Waals surface area contributed by atoms with Crippen molar-refractivity contribution in [1.29, 1.82) is 0 Å². The van der Waals surface area contributed by atoms with E-state index in [1.807, 2.05) is 12.1 Å². The smallest absolute Gasteiger partial charge is 0.337 e. The second-order valence-corrected chi connectivity index (χ2v) is 8.48. The van der Waals surface area contributed by atoms with Gasteiger partial charge in [-0.2, -0.15) is 0 Å². The Labute approximate surface area is 176 Å². The van der Waals surface area contributed by atoms with E-state index in [9.17, 15) is 4.79 Å². The number of esters is 1. The maximum absolute atomic E-state index is 12.1. The number of anilines is 1. The number of nitrogens with zero attached hydrogens (tertiary/aromatic N) is 4. The third-order valence-electron chi connectivity index (χ3n) is 6.61. The number of fused-ring (bicyclic) bond motifs is 3. The van der Waals surface area contributed by atoms with Gasteiger partial charge in [-0.3, -0.25) is 4.90 Å². The lowest BCUT2D eigenvalue weighted by atomic mass is 9.89. The van der Waals surface area contributed by atoms with E-state index in [1.165, 1.54) is 26.4 Å². The highest BCUT2D eigenvalue weighted by Crippen LogP contribution is 2.35. The number of hydrogen-bond acceptors (Lipinski definition) is 8. The number of benzene rings is 1. The zero-order valence-corrected chi connectivity index (χ0v) is 17.4. The minimum absolute atomic E-state index is 0.183. The van der Waals surface area contributed by atoms with Gasteiger partial charge in [0.2, 0.25) is 0 Å². The molecule has 0 radical (unpaired) electrons. The van der Waals surface area contributed by atoms with E-state index in [4.69, 9.17) is 14.2 Å². The molecular formula is C22H28N4O4. The summed E-state index contributed by atoms with van der Waals surface area (Å²) in [6.45, 7) is 5.35. The van der Waals surface area contributed by atoms with E-state index >= 15 is 0 Å². The quantitative estimate of drug-likeness (QED) is 0.692. The standard InChI is InChI=1S/C22H28N4O4/c1-28-21(27)16-5-6-19-18(10-16)20(24-15-23-19)25-8-9-29-13-22(12-25)14-30-11-17-4-2-3-7-26(17)22/h5-6,10,15,17H,2-4,7-9,11-14H2,1H3/t17-,22+/m1/s1. The summed E-state index contributed by atoms with van der Waals surface area (Å²) in [4.78, 5) is 26.0. The number of carbonyl (C=O) groups is 1. The molecule has 8 heteroatoms. The van der Waals surface area contributed by atoms with E-state index in [-0.39, 0.29) is 11.5 Å². The fourth-order valence-electron chi connectivity index (χ4n) is 5.16. The van der Waals surface area contributed by atoms with Crippen LogP contribution in [0.1, 0.15) is 29.6 Å². The molecule has 2 aromatic rings. The molecule has 0 unspecified atom stereocenters. The van der Waals surface area contributed by atoms with Gasteiger partial charge in [0.25, 0.3) is 0 Å². The van der Waals surface area contributed by atoms with Crippen molar-refractivity contribution in [3.63, 3.8) is 0 Å². The topological polar surface area (TPSA) is 77.0 Å². The van der Waals surface area contributed by atoms with Crippen molar-refractivity contribution >= 4 is 22.7 Å². The molecule has 0 aliphatic carbocycles. The highest BCUT2D eigenvalue weighted by Gasteiger charge is 2.47. The number of morpholine rings is 1. The average molecular weight is 412 g/mol. The second-order valence-electron chi connectivity index (χ2n) is 8.48. The summed E-state index contributed by atoms with van der Waals surface area (Å²) in [5.74, 6) is 0.467. The summed E-state index contributed by atoms with van der Waals surface area (Å²) < 4.78 is 17.1. The number of hydrogen-bond donors (Lipinski definition) is 0. The van der Waals surface area contributed by atoms with E-state index in [0.29, 0.717) is 31.4 Å². The summed E-state index contributed by atoms with van der Waals surface area (Å²) in [6, 6.07) is 5.88. The first-order valence-electron chi connectivity index (χ1n) is 10.7. The fourth-order valence-corrected chi connectivity index (χ4v) is 5.16. The highest BCUT2D eigenvalue weighted by molar-refractivity contribution is 5.98. The van der Waals surface area contributed by atoms with E-state index in [1.54, 1.807) is 12.4 Å². The molecule has 0 bridgehead atoms. The summed E-state index contributed by atoms with van der Waals surface area (Å²) in [5, 5.41) is 0.851. The molecule has 0 saturated carbocycles. The van der Waals surface area contributed by atoms with Crippen LogP contribution in [-0.2, 0) is 14.2 Å². The van der Waals surface area contributed by atoms with Gasteiger partial charge in [-0.1, -0.05) is 6.42 Å². The van der Waals surface area contributed by atoms with Crippen LogP contribution < -0.4 is 4.90 Å². The zero-order valence-electron chi connectivity index (χ0n) is 17.4. The average Bonchev–Trinajstić information content (AvgIpc) is 3.01. The molecule has 3 aliphatic heterocycles. The van der Waals surface area contributed by atoms with Gasteiger partial charge < -0.3 is 19.1 Å². The lowest BCUT2D eigenvalue weighted by molar-refractivity contribution is -0.134. The number of methoxy groups -OCH3 is 1. The van der Waals surface area contributed by atoms with Gasteiger partial charge in [0.15, 0.2) is 0 Å². The van der Waals surface area contributed by atoms with Gasteiger partial charge >= 0.3 is 5.97 Å². The zero-order chi connectivity index (χ0) is 20.6. The van der Waals surface area contributed by atoms with Gasteiger partial charge in [0, 0.05) is 24.5 Å². The molecule has 3 saturated heterocycles. The van der Waals surface area contributed by atoms with Gasteiger partial charge in [-0.25, -0.2) is 14.8 Å². The lowest BCUT2D eigenvalue weighted by Crippen LogP contribution is -2.68. The number of carbonyl (C=O) groups excluding carboxylic acids is 1. The van der Waals surface area contributed by atoms with E-state index in [2.05, 4.69) is 19.8 Å². The van der Waals surface area contributed by atoms with E-state index in [0.717, 1.165) is 43.0 Å². The van der Waals surface area contributed by atoms with Crippen molar-refractivity contribution in [2.75, 3.05) is 58.1 Å². The normalized spacial score (nSPS) is 27.6. The van der Waals surface area contributed by atoms with Gasteiger partial charge in [0.1, 0.15) is 12.1 Å². The van der Waals surface area contributed by atoms with Crippen molar-refractivity contribution in [3.05, 3.63) is 30.1 Å². The Morgan fingerprint density at radius 2 is 2.10 bits per heavy atom. The molecule has 1 spiro atoms. The van der Waals surface area contributed by atoms with Crippen LogP contribution in [0.3, 0.4) is 0 Å². The largest absolute Gasteiger partial charge is 0.465 e. The van der Waals surface area contributed by atoms with E-state index < -0.39 is 0 Å². The molecule has 2 atom stereocenters. The highest BCUT2D eigenvalue weighted by atomic mass is 16.5. The summed E-state index contributed by atoms with van der Waals surface area (Å²) >= 11 is 0. The first kappa shape index (κ1) is 19.7. The van der Waals surface area contributed by atoms with Crippen LogP contribution in [0, 0.1) is 0 Å². The van der Waals surface area contributed by atoms with Gasteiger partial charge in [-0.15, -0.1) is 0 Å². The molecule has 160 valence electrons. The Morgan fingerprint density at radius 1 is 1.20 bits per heavy atom. The Balaban J connectivity index is 1.53. The SMILES string of the molecule is COC(=O)c1ccc2ncnc(N3CCOC[C@]4(COC[C@H]5CCCCN54)C3)c2c1. The predicted molar refractivity (Wildman–Crippen MR) is 112 cm³/mol. The predicted octanol–water partition coefficient (Wildman–Crippen LogP) is 1.88. The minimum atomic E-state index is -0.362. The number of aromatic nitrogens is 2. The van der Waals surface area contributed by atoms with Crippen LogP contribution in [0.15, 0.2) is 24.5 Å². The lowest BCUT2D eigenvalue weighted by Gasteiger charge is -2.53. The first-order chi connectivity index (χ1) is 14.7. The third kappa shape index (κ3) is 3.42. The molecule has 3 fully saturated rings. The number of rotatable bonds is 2. The summed E-state index contributed by atoms with van der Waals surface area (Å²) in [6.07, 6.45) is 5.25. The Morgan fingerprint density at radius 3 is 3.00 bits per heavy atom. The minimum Gasteiger partial charge on any atom is -0.465 e. The molecule has 30 heavy (non-hydrogen) atoms. The van der Waals surface area contributed by atoms with Crippen LogP contribution in [0.4, 0.5) is 5.82 Å².